The lowest BCUT2D eigenvalue weighted by Gasteiger charge is -2.14. The van der Waals surface area contributed by atoms with Crippen molar-refractivity contribution in [3.63, 3.8) is 0 Å². The average Bonchev–Trinajstić information content (AvgIpc) is 2.38. The van der Waals surface area contributed by atoms with Gasteiger partial charge in [-0.05, 0) is 24.3 Å². The smallest absolute Gasteiger partial charge is 0.433 e. The summed E-state index contributed by atoms with van der Waals surface area (Å²) >= 11 is 0. The Balaban J connectivity index is 2.16. The molecule has 106 valence electrons. The minimum absolute atomic E-state index is 0.258. The third-order valence-electron chi connectivity index (χ3n) is 2.60. The van der Waals surface area contributed by atoms with Crippen molar-refractivity contribution in [3.8, 4) is 11.5 Å². The summed E-state index contributed by atoms with van der Waals surface area (Å²) in [7, 11) is 3.78. The van der Waals surface area contributed by atoms with Crippen molar-refractivity contribution in [2.45, 2.75) is 6.18 Å². The SMILES string of the molecule is CN(C)c1cccc(Oc2ccc(C(F)(F)F)nc2)c1. The van der Waals surface area contributed by atoms with Crippen LogP contribution in [0.5, 0.6) is 11.5 Å². The second-order valence-corrected chi connectivity index (χ2v) is 4.37. The Morgan fingerprint density at radius 1 is 1.05 bits per heavy atom. The molecule has 3 nitrogen and oxygen atoms in total. The van der Waals surface area contributed by atoms with Crippen LogP contribution in [0.4, 0.5) is 18.9 Å². The molecule has 0 saturated heterocycles. The largest absolute Gasteiger partial charge is 0.456 e. The lowest BCUT2D eigenvalue weighted by molar-refractivity contribution is -0.141. The quantitative estimate of drug-likeness (QED) is 0.852. The molecule has 0 aliphatic rings. The first-order valence-corrected chi connectivity index (χ1v) is 5.85. The number of aromatic nitrogens is 1. The maximum atomic E-state index is 12.4. The normalized spacial score (nSPS) is 11.2. The standard InChI is InChI=1S/C14H13F3N2O/c1-19(2)10-4-3-5-11(8-10)20-12-6-7-13(18-9-12)14(15,16)17/h3-9H,1-2H3. The zero-order valence-electron chi connectivity index (χ0n) is 11.0. The maximum absolute atomic E-state index is 12.4. The van der Waals surface area contributed by atoms with Gasteiger partial charge >= 0.3 is 6.18 Å². The topological polar surface area (TPSA) is 25.4 Å². The van der Waals surface area contributed by atoms with Crippen LogP contribution in [0.15, 0.2) is 42.6 Å². The molecule has 0 saturated carbocycles. The van der Waals surface area contributed by atoms with E-state index in [0.717, 1.165) is 18.0 Å². The Hall–Kier alpha value is -2.24. The second kappa shape index (κ2) is 5.40. The van der Waals surface area contributed by atoms with Crippen LogP contribution in [-0.2, 0) is 6.18 Å². The van der Waals surface area contributed by atoms with Gasteiger partial charge in [-0.2, -0.15) is 13.2 Å². The van der Waals surface area contributed by atoms with Crippen molar-refractivity contribution in [2.24, 2.45) is 0 Å². The molecule has 2 rings (SSSR count). The van der Waals surface area contributed by atoms with E-state index in [1.165, 1.54) is 6.07 Å². The number of alkyl halides is 3. The number of nitrogens with zero attached hydrogens (tertiary/aromatic N) is 2. The summed E-state index contributed by atoms with van der Waals surface area (Å²) in [6, 6.07) is 9.37. The van der Waals surface area contributed by atoms with Gasteiger partial charge in [-0.15, -0.1) is 0 Å². The fourth-order valence-corrected chi connectivity index (χ4v) is 1.57. The van der Waals surface area contributed by atoms with Crippen molar-refractivity contribution >= 4 is 5.69 Å². The highest BCUT2D eigenvalue weighted by molar-refractivity contribution is 5.50. The van der Waals surface area contributed by atoms with E-state index in [4.69, 9.17) is 4.74 Å². The Bertz CT molecular complexity index is 580. The van der Waals surface area contributed by atoms with Crippen LogP contribution in [0.1, 0.15) is 5.69 Å². The molecule has 2 aromatic rings. The minimum atomic E-state index is -4.44. The number of hydrogen-bond donors (Lipinski definition) is 0. The molecule has 0 spiro atoms. The van der Waals surface area contributed by atoms with E-state index >= 15 is 0 Å². The van der Waals surface area contributed by atoms with E-state index in [9.17, 15) is 13.2 Å². The molecule has 1 aromatic heterocycles. The first kappa shape index (κ1) is 14.2. The van der Waals surface area contributed by atoms with E-state index in [2.05, 4.69) is 4.98 Å². The van der Waals surface area contributed by atoms with Crippen molar-refractivity contribution in [1.82, 2.24) is 4.98 Å². The van der Waals surface area contributed by atoms with Gasteiger partial charge in [0, 0.05) is 25.8 Å². The number of ether oxygens (including phenoxy) is 1. The maximum Gasteiger partial charge on any atom is 0.433 e. The molecule has 0 aliphatic heterocycles. The van der Waals surface area contributed by atoms with E-state index in [-0.39, 0.29) is 5.75 Å². The number of anilines is 1. The van der Waals surface area contributed by atoms with Crippen LogP contribution < -0.4 is 9.64 Å². The zero-order valence-corrected chi connectivity index (χ0v) is 11.0. The molecule has 0 N–H and O–H groups in total. The van der Waals surface area contributed by atoms with E-state index < -0.39 is 11.9 Å². The van der Waals surface area contributed by atoms with Crippen molar-refractivity contribution in [3.05, 3.63) is 48.3 Å². The fourth-order valence-electron chi connectivity index (χ4n) is 1.57. The monoisotopic (exact) mass is 282 g/mol. The number of benzene rings is 1. The van der Waals surface area contributed by atoms with Gasteiger partial charge in [0.2, 0.25) is 0 Å². The van der Waals surface area contributed by atoms with Gasteiger partial charge in [-0.1, -0.05) is 6.07 Å². The van der Waals surface area contributed by atoms with Crippen LogP contribution in [0, 0.1) is 0 Å². The van der Waals surface area contributed by atoms with Gasteiger partial charge in [0.25, 0.3) is 0 Å². The first-order chi connectivity index (χ1) is 9.36. The van der Waals surface area contributed by atoms with E-state index in [1.54, 1.807) is 12.1 Å². The van der Waals surface area contributed by atoms with E-state index in [0.29, 0.717) is 5.75 Å². The molecule has 20 heavy (non-hydrogen) atoms. The summed E-state index contributed by atoms with van der Waals surface area (Å²) in [6.45, 7) is 0. The van der Waals surface area contributed by atoms with Gasteiger partial charge < -0.3 is 9.64 Å². The van der Waals surface area contributed by atoms with Crippen molar-refractivity contribution < 1.29 is 17.9 Å². The van der Waals surface area contributed by atoms with Crippen LogP contribution in [0.2, 0.25) is 0 Å². The summed E-state index contributed by atoms with van der Waals surface area (Å²) in [5.74, 6) is 0.798. The van der Waals surface area contributed by atoms with Gasteiger partial charge in [-0.25, -0.2) is 4.98 Å². The fraction of sp³-hybridized carbons (Fsp3) is 0.214. The minimum Gasteiger partial charge on any atom is -0.456 e. The summed E-state index contributed by atoms with van der Waals surface area (Å²) < 4.78 is 42.6. The number of rotatable bonds is 3. The molecule has 0 atom stereocenters. The molecule has 0 aliphatic carbocycles. The number of hydrogen-bond acceptors (Lipinski definition) is 3. The predicted octanol–water partition coefficient (Wildman–Crippen LogP) is 3.96. The van der Waals surface area contributed by atoms with Crippen molar-refractivity contribution in [1.29, 1.82) is 0 Å². The molecule has 1 aromatic carbocycles. The highest BCUT2D eigenvalue weighted by Gasteiger charge is 2.32. The number of halogens is 3. The zero-order chi connectivity index (χ0) is 14.8. The Labute approximate surface area is 114 Å². The van der Waals surface area contributed by atoms with Gasteiger partial charge in [0.05, 0.1) is 6.20 Å². The Kier molecular flexibility index (Phi) is 3.83. The first-order valence-electron chi connectivity index (χ1n) is 5.85. The van der Waals surface area contributed by atoms with Crippen LogP contribution in [0.25, 0.3) is 0 Å². The van der Waals surface area contributed by atoms with Gasteiger partial charge in [0.15, 0.2) is 0 Å². The van der Waals surface area contributed by atoms with Crippen molar-refractivity contribution in [2.75, 3.05) is 19.0 Å². The lowest BCUT2D eigenvalue weighted by atomic mass is 10.3. The third-order valence-corrected chi connectivity index (χ3v) is 2.60. The molecular weight excluding hydrogens is 269 g/mol. The van der Waals surface area contributed by atoms with E-state index in [1.807, 2.05) is 31.1 Å². The molecule has 1 heterocycles. The summed E-state index contributed by atoms with van der Waals surface area (Å²) in [5, 5.41) is 0. The molecule has 0 bridgehead atoms. The van der Waals surface area contributed by atoms with Crippen LogP contribution in [0.3, 0.4) is 0 Å². The van der Waals surface area contributed by atoms with Gasteiger partial charge in [-0.3, -0.25) is 0 Å². The summed E-state index contributed by atoms with van der Waals surface area (Å²) in [6.07, 6.45) is -3.38. The third kappa shape index (κ3) is 3.40. The summed E-state index contributed by atoms with van der Waals surface area (Å²) in [5.41, 5.74) is -0.00531. The molecule has 0 fully saturated rings. The predicted molar refractivity (Wildman–Crippen MR) is 70.1 cm³/mol. The number of pyridine rings is 1. The highest BCUT2D eigenvalue weighted by atomic mass is 19.4. The van der Waals surface area contributed by atoms with Crippen LogP contribution >= 0.6 is 0 Å². The molecule has 0 radical (unpaired) electrons. The lowest BCUT2D eigenvalue weighted by Crippen LogP contribution is -2.08. The Morgan fingerprint density at radius 3 is 2.35 bits per heavy atom. The molecular formula is C14H13F3N2O. The average molecular weight is 282 g/mol. The molecule has 6 heteroatoms. The summed E-state index contributed by atoms with van der Waals surface area (Å²) in [4.78, 5) is 5.24. The Morgan fingerprint density at radius 2 is 1.80 bits per heavy atom. The van der Waals surface area contributed by atoms with Gasteiger partial charge in [0.1, 0.15) is 17.2 Å². The van der Waals surface area contributed by atoms with Crippen LogP contribution in [-0.4, -0.2) is 19.1 Å². The second-order valence-electron chi connectivity index (χ2n) is 4.37. The highest BCUT2D eigenvalue weighted by Crippen LogP contribution is 2.30. The molecule has 0 unspecified atom stereocenters. The molecule has 0 amide bonds.